The zero-order valence-corrected chi connectivity index (χ0v) is 10.9. The van der Waals surface area contributed by atoms with Gasteiger partial charge in [0.05, 0.1) is 17.3 Å². The summed E-state index contributed by atoms with van der Waals surface area (Å²) >= 11 is 0. The molecule has 0 aliphatic rings. The smallest absolute Gasteiger partial charge is 0.224 e. The van der Waals surface area contributed by atoms with Crippen LogP contribution in [0, 0.1) is 0 Å². The molecule has 7 heteroatoms. The average Bonchev–Trinajstić information content (AvgIpc) is 3.06. The summed E-state index contributed by atoms with van der Waals surface area (Å²) in [5.41, 5.74) is 1.66. The number of hydrogen-bond acceptors (Lipinski definition) is 5. The van der Waals surface area contributed by atoms with Gasteiger partial charge >= 0.3 is 0 Å². The number of nitrogens with one attached hydrogen (secondary N) is 2. The monoisotopic (exact) mass is 257 g/mol. The molecule has 0 saturated carbocycles. The summed E-state index contributed by atoms with van der Waals surface area (Å²) in [6, 6.07) is 0. The van der Waals surface area contributed by atoms with Crippen LogP contribution < -0.4 is 5.32 Å². The molecule has 3 aromatic heterocycles. The average molecular weight is 257 g/mol. The van der Waals surface area contributed by atoms with E-state index in [-0.39, 0.29) is 0 Å². The molecule has 0 atom stereocenters. The summed E-state index contributed by atoms with van der Waals surface area (Å²) in [4.78, 5) is 13.2. The molecule has 7 nitrogen and oxygen atoms in total. The predicted octanol–water partition coefficient (Wildman–Crippen LogP) is 1.20. The van der Waals surface area contributed by atoms with Crippen LogP contribution in [0.5, 0.6) is 0 Å². The maximum Gasteiger partial charge on any atom is 0.224 e. The quantitative estimate of drug-likeness (QED) is 0.733. The highest BCUT2D eigenvalue weighted by atomic mass is 15.2. The van der Waals surface area contributed by atoms with Crippen LogP contribution in [-0.4, -0.2) is 36.8 Å². The maximum absolute atomic E-state index is 4.51. The molecule has 3 rings (SSSR count). The summed E-state index contributed by atoms with van der Waals surface area (Å²) in [5, 5.41) is 10.8. The summed E-state index contributed by atoms with van der Waals surface area (Å²) in [6.07, 6.45) is 6.20. The van der Waals surface area contributed by atoms with Gasteiger partial charge in [0.25, 0.3) is 0 Å². The van der Waals surface area contributed by atoms with Crippen molar-refractivity contribution in [1.82, 2.24) is 29.7 Å². The van der Waals surface area contributed by atoms with Crippen molar-refractivity contribution in [2.24, 2.45) is 0 Å². The zero-order chi connectivity index (χ0) is 13.2. The van der Waals surface area contributed by atoms with Crippen molar-refractivity contribution in [2.45, 2.75) is 19.9 Å². The maximum atomic E-state index is 4.51. The second-order valence-corrected chi connectivity index (χ2v) is 4.18. The second-order valence-electron chi connectivity index (χ2n) is 4.18. The van der Waals surface area contributed by atoms with E-state index < -0.39 is 0 Å². The lowest BCUT2D eigenvalue weighted by molar-refractivity contribution is 0.709. The largest absolute Gasteiger partial charge is 0.357 e. The highest BCUT2D eigenvalue weighted by Gasteiger charge is 2.12. The molecule has 0 amide bonds. The number of aromatic amines is 1. The molecule has 0 aromatic carbocycles. The molecule has 0 bridgehead atoms. The van der Waals surface area contributed by atoms with Crippen LogP contribution >= 0.6 is 0 Å². The molecular formula is C12H15N7. The number of H-pyrrole nitrogens is 1. The Kier molecular flexibility index (Phi) is 2.86. The summed E-state index contributed by atoms with van der Waals surface area (Å²) < 4.78 is 2.10. The summed E-state index contributed by atoms with van der Waals surface area (Å²) in [5.74, 6) is 1.58. The molecule has 3 heterocycles. The zero-order valence-electron chi connectivity index (χ0n) is 10.9. The Hall–Kier alpha value is -2.44. The Morgan fingerprint density at radius 1 is 1.37 bits per heavy atom. The Morgan fingerprint density at radius 3 is 3.05 bits per heavy atom. The summed E-state index contributed by atoms with van der Waals surface area (Å²) in [7, 11) is 1.80. The van der Waals surface area contributed by atoms with Gasteiger partial charge in [-0.05, 0) is 6.92 Å². The van der Waals surface area contributed by atoms with E-state index in [0.29, 0.717) is 12.4 Å². The molecular weight excluding hydrogens is 242 g/mol. The van der Waals surface area contributed by atoms with Crippen molar-refractivity contribution < 1.29 is 0 Å². The number of aromatic nitrogens is 6. The molecule has 3 aromatic rings. The molecule has 0 saturated heterocycles. The van der Waals surface area contributed by atoms with E-state index in [1.165, 1.54) is 0 Å². The Bertz CT molecular complexity index is 697. The van der Waals surface area contributed by atoms with Gasteiger partial charge in [-0.1, -0.05) is 0 Å². The van der Waals surface area contributed by atoms with Gasteiger partial charge in [-0.15, -0.1) is 0 Å². The van der Waals surface area contributed by atoms with Gasteiger partial charge in [-0.2, -0.15) is 10.1 Å². The number of aryl methyl sites for hydroxylation is 1. The highest BCUT2D eigenvalue weighted by Crippen LogP contribution is 2.17. The third-order valence-corrected chi connectivity index (χ3v) is 3.08. The van der Waals surface area contributed by atoms with E-state index in [0.717, 1.165) is 29.1 Å². The van der Waals surface area contributed by atoms with Crippen LogP contribution in [0.15, 0.2) is 18.6 Å². The third kappa shape index (κ3) is 2.03. The van der Waals surface area contributed by atoms with E-state index in [4.69, 9.17) is 0 Å². The van der Waals surface area contributed by atoms with Crippen molar-refractivity contribution in [3.8, 4) is 0 Å². The first kappa shape index (κ1) is 11.6. The van der Waals surface area contributed by atoms with Gasteiger partial charge in [0.2, 0.25) is 5.95 Å². The van der Waals surface area contributed by atoms with E-state index in [1.54, 1.807) is 13.2 Å². The molecule has 2 N–H and O–H groups in total. The molecule has 19 heavy (non-hydrogen) atoms. The predicted molar refractivity (Wildman–Crippen MR) is 71.9 cm³/mol. The number of rotatable bonds is 4. The van der Waals surface area contributed by atoms with Gasteiger partial charge in [0.15, 0.2) is 5.65 Å². The van der Waals surface area contributed by atoms with Crippen LogP contribution in [0.1, 0.15) is 18.4 Å². The van der Waals surface area contributed by atoms with E-state index in [1.807, 2.05) is 12.4 Å². The fraction of sp³-hybridized carbons (Fsp3) is 0.333. The lowest BCUT2D eigenvalue weighted by Crippen LogP contribution is -2.06. The van der Waals surface area contributed by atoms with Crippen LogP contribution in [0.2, 0.25) is 0 Å². The van der Waals surface area contributed by atoms with E-state index >= 15 is 0 Å². The van der Waals surface area contributed by atoms with Crippen molar-refractivity contribution in [1.29, 1.82) is 0 Å². The van der Waals surface area contributed by atoms with Crippen molar-refractivity contribution in [3.05, 3.63) is 30.1 Å². The number of fused-ring (bicyclic) bond motifs is 1. The molecule has 0 radical (unpaired) electrons. The van der Waals surface area contributed by atoms with E-state index in [2.05, 4.69) is 42.0 Å². The first-order valence-corrected chi connectivity index (χ1v) is 6.19. The molecule has 0 spiro atoms. The van der Waals surface area contributed by atoms with Gasteiger partial charge < -0.3 is 9.88 Å². The fourth-order valence-corrected chi connectivity index (χ4v) is 2.09. The first-order valence-electron chi connectivity index (χ1n) is 6.19. The van der Waals surface area contributed by atoms with Gasteiger partial charge in [0, 0.05) is 32.4 Å². The molecule has 0 aliphatic carbocycles. The minimum Gasteiger partial charge on any atom is -0.357 e. The van der Waals surface area contributed by atoms with Crippen LogP contribution in [0.25, 0.3) is 11.0 Å². The van der Waals surface area contributed by atoms with Crippen LogP contribution in [0.4, 0.5) is 5.95 Å². The standard InChI is InChI=1S/C12H15N7/c1-3-19-5-4-14-10(19)6-9-8-7-15-18-11(8)17-12(13-2)16-9/h4-5,7H,3,6H2,1-2H3,(H2,13,15,16,17,18). The molecule has 0 unspecified atom stereocenters. The lowest BCUT2D eigenvalue weighted by Gasteiger charge is -2.06. The number of hydrogen-bond donors (Lipinski definition) is 2. The van der Waals surface area contributed by atoms with Gasteiger partial charge in [0.1, 0.15) is 5.82 Å². The minimum atomic E-state index is 0.585. The minimum absolute atomic E-state index is 0.585. The van der Waals surface area contributed by atoms with Crippen molar-refractivity contribution >= 4 is 17.0 Å². The Labute approximate surface area is 110 Å². The van der Waals surface area contributed by atoms with Gasteiger partial charge in [-0.25, -0.2) is 9.97 Å². The van der Waals surface area contributed by atoms with Gasteiger partial charge in [-0.3, -0.25) is 5.10 Å². The SMILES string of the molecule is CCn1ccnc1Cc1nc(NC)nc2[nH]ncc12. The molecule has 0 fully saturated rings. The lowest BCUT2D eigenvalue weighted by atomic mass is 10.2. The van der Waals surface area contributed by atoms with E-state index in [9.17, 15) is 0 Å². The number of nitrogens with zero attached hydrogens (tertiary/aromatic N) is 5. The first-order chi connectivity index (χ1) is 9.31. The normalized spacial score (nSPS) is 11.1. The molecule has 98 valence electrons. The van der Waals surface area contributed by atoms with Crippen molar-refractivity contribution in [2.75, 3.05) is 12.4 Å². The van der Waals surface area contributed by atoms with Crippen LogP contribution in [-0.2, 0) is 13.0 Å². The molecule has 0 aliphatic heterocycles. The summed E-state index contributed by atoms with van der Waals surface area (Å²) in [6.45, 7) is 2.99. The number of anilines is 1. The highest BCUT2D eigenvalue weighted by molar-refractivity contribution is 5.77. The topological polar surface area (TPSA) is 84.3 Å². The fourth-order valence-electron chi connectivity index (χ4n) is 2.09. The van der Waals surface area contributed by atoms with Crippen molar-refractivity contribution in [3.63, 3.8) is 0 Å². The second kappa shape index (κ2) is 4.68. The number of imidazole rings is 1. The third-order valence-electron chi connectivity index (χ3n) is 3.08. The van der Waals surface area contributed by atoms with Crippen LogP contribution in [0.3, 0.4) is 0 Å². The Balaban J connectivity index is 2.06. The Morgan fingerprint density at radius 2 is 2.26 bits per heavy atom.